The van der Waals surface area contributed by atoms with E-state index in [-0.39, 0.29) is 0 Å². The van der Waals surface area contributed by atoms with Crippen LogP contribution in [0.25, 0.3) is 0 Å². The summed E-state index contributed by atoms with van der Waals surface area (Å²) < 4.78 is 0. The van der Waals surface area contributed by atoms with E-state index in [1.165, 1.54) is 50.5 Å². The molecule has 4 heteroatoms. The van der Waals surface area contributed by atoms with Gasteiger partial charge in [-0.25, -0.2) is 4.98 Å². The molecule has 0 atom stereocenters. The number of anilines is 1. The van der Waals surface area contributed by atoms with E-state index in [1.54, 1.807) is 0 Å². The predicted octanol–water partition coefficient (Wildman–Crippen LogP) is 4.15. The Labute approximate surface area is 133 Å². The van der Waals surface area contributed by atoms with E-state index in [0.717, 1.165) is 30.0 Å². The van der Waals surface area contributed by atoms with Crippen molar-refractivity contribution in [2.24, 2.45) is 0 Å². The van der Waals surface area contributed by atoms with Crippen molar-refractivity contribution in [1.82, 2.24) is 10.3 Å². The number of pyridine rings is 1. The van der Waals surface area contributed by atoms with Gasteiger partial charge in [-0.1, -0.05) is 30.9 Å². The molecule has 0 unspecified atom stereocenters. The first kappa shape index (κ1) is 15.1. The molecule has 0 radical (unpaired) electrons. The molecule has 21 heavy (non-hydrogen) atoms. The summed E-state index contributed by atoms with van der Waals surface area (Å²) in [7, 11) is 0. The van der Waals surface area contributed by atoms with Crippen LogP contribution in [0.5, 0.6) is 0 Å². The van der Waals surface area contributed by atoms with Gasteiger partial charge in [-0.2, -0.15) is 0 Å². The van der Waals surface area contributed by atoms with Gasteiger partial charge in [-0.15, -0.1) is 0 Å². The summed E-state index contributed by atoms with van der Waals surface area (Å²) in [5.74, 6) is 0.973. The van der Waals surface area contributed by atoms with Crippen molar-refractivity contribution >= 4 is 17.4 Å². The molecule has 2 aliphatic rings. The number of rotatable bonds is 6. The molecule has 0 aliphatic heterocycles. The Balaban J connectivity index is 1.69. The third kappa shape index (κ3) is 3.89. The van der Waals surface area contributed by atoms with Crippen molar-refractivity contribution in [2.45, 2.75) is 70.5 Å². The lowest BCUT2D eigenvalue weighted by Gasteiger charge is -2.35. The number of nitrogens with one attached hydrogen (secondary N) is 1. The molecule has 1 heterocycles. The van der Waals surface area contributed by atoms with Crippen LogP contribution >= 0.6 is 11.6 Å². The Kier molecular flexibility index (Phi) is 5.02. The van der Waals surface area contributed by atoms with Crippen molar-refractivity contribution in [1.29, 1.82) is 0 Å². The van der Waals surface area contributed by atoms with Gasteiger partial charge in [-0.05, 0) is 44.2 Å². The molecular weight excluding hydrogens is 282 g/mol. The van der Waals surface area contributed by atoms with Gasteiger partial charge < -0.3 is 10.2 Å². The first-order chi connectivity index (χ1) is 10.3. The second-order valence-electron chi connectivity index (χ2n) is 6.38. The molecular formula is C17H26ClN3. The quantitative estimate of drug-likeness (QED) is 0.856. The van der Waals surface area contributed by atoms with Gasteiger partial charge in [0.2, 0.25) is 0 Å². The van der Waals surface area contributed by atoms with Crippen molar-refractivity contribution in [2.75, 3.05) is 11.4 Å². The van der Waals surface area contributed by atoms with Crippen LogP contribution < -0.4 is 10.2 Å². The molecule has 2 saturated carbocycles. The minimum absolute atomic E-state index is 0.615. The molecule has 3 nitrogen and oxygen atoms in total. The van der Waals surface area contributed by atoms with Crippen LogP contribution in [0.15, 0.2) is 12.3 Å². The summed E-state index contributed by atoms with van der Waals surface area (Å²) in [4.78, 5) is 7.08. The fourth-order valence-corrected chi connectivity index (χ4v) is 3.60. The number of halogens is 1. The number of aromatic nitrogens is 1. The lowest BCUT2D eigenvalue weighted by Crippen LogP contribution is -2.37. The van der Waals surface area contributed by atoms with Gasteiger partial charge in [0.1, 0.15) is 5.82 Å². The van der Waals surface area contributed by atoms with E-state index in [9.17, 15) is 0 Å². The molecule has 1 aromatic heterocycles. The minimum Gasteiger partial charge on any atom is -0.353 e. The van der Waals surface area contributed by atoms with Gasteiger partial charge in [0.25, 0.3) is 0 Å². The summed E-state index contributed by atoms with van der Waals surface area (Å²) in [5, 5.41) is 4.32. The highest BCUT2D eigenvalue weighted by Crippen LogP contribution is 2.31. The van der Waals surface area contributed by atoms with Crippen LogP contribution in [-0.4, -0.2) is 23.6 Å². The van der Waals surface area contributed by atoms with Crippen molar-refractivity contribution in [3.63, 3.8) is 0 Å². The van der Waals surface area contributed by atoms with E-state index < -0.39 is 0 Å². The predicted molar refractivity (Wildman–Crippen MR) is 89.0 cm³/mol. The molecule has 1 N–H and O–H groups in total. The summed E-state index contributed by atoms with van der Waals surface area (Å²) >= 11 is 6.52. The molecule has 3 rings (SSSR count). The van der Waals surface area contributed by atoms with Crippen molar-refractivity contribution < 1.29 is 0 Å². The Morgan fingerprint density at radius 3 is 2.62 bits per heavy atom. The standard InChI is InChI=1S/C17H26ClN3/c1-2-21(15-6-4-3-5-7-15)17-16(18)10-13(12-20-17)11-19-14-8-9-14/h10,12,14-15,19H,2-9,11H2,1H3. The normalized spacial score (nSPS) is 19.7. The van der Waals surface area contributed by atoms with Gasteiger partial charge in [0, 0.05) is 31.4 Å². The van der Waals surface area contributed by atoms with Crippen molar-refractivity contribution in [3.05, 3.63) is 22.8 Å². The van der Waals surface area contributed by atoms with E-state index in [4.69, 9.17) is 11.6 Å². The maximum Gasteiger partial charge on any atom is 0.147 e. The lowest BCUT2D eigenvalue weighted by molar-refractivity contribution is 0.416. The van der Waals surface area contributed by atoms with Crippen LogP contribution in [0.2, 0.25) is 5.02 Å². The smallest absolute Gasteiger partial charge is 0.147 e. The zero-order valence-electron chi connectivity index (χ0n) is 12.9. The minimum atomic E-state index is 0.615. The molecule has 0 spiro atoms. The van der Waals surface area contributed by atoms with Crippen LogP contribution in [0.3, 0.4) is 0 Å². The first-order valence-electron chi connectivity index (χ1n) is 8.42. The summed E-state index contributed by atoms with van der Waals surface area (Å²) in [6.45, 7) is 4.07. The molecule has 0 bridgehead atoms. The fraction of sp³-hybridized carbons (Fsp3) is 0.706. The maximum absolute atomic E-state index is 6.52. The molecule has 1 aromatic rings. The van der Waals surface area contributed by atoms with Crippen LogP contribution in [0.1, 0.15) is 57.4 Å². The maximum atomic E-state index is 6.52. The third-order valence-corrected chi connectivity index (χ3v) is 4.96. The number of nitrogens with zero attached hydrogens (tertiary/aromatic N) is 2. The van der Waals surface area contributed by atoms with Gasteiger partial charge in [-0.3, -0.25) is 0 Å². The number of hydrogen-bond donors (Lipinski definition) is 1. The highest BCUT2D eigenvalue weighted by Gasteiger charge is 2.23. The monoisotopic (exact) mass is 307 g/mol. The first-order valence-corrected chi connectivity index (χ1v) is 8.80. The Hall–Kier alpha value is -0.800. The largest absolute Gasteiger partial charge is 0.353 e. The summed E-state index contributed by atoms with van der Waals surface area (Å²) in [5.41, 5.74) is 1.19. The lowest BCUT2D eigenvalue weighted by atomic mass is 9.94. The summed E-state index contributed by atoms with van der Waals surface area (Å²) in [6.07, 6.45) is 11.2. The average Bonchev–Trinajstić information content (AvgIpc) is 3.33. The third-order valence-electron chi connectivity index (χ3n) is 4.68. The second-order valence-corrected chi connectivity index (χ2v) is 6.79. The molecule has 0 aromatic carbocycles. The van der Waals surface area contributed by atoms with Crippen LogP contribution in [-0.2, 0) is 6.54 Å². The van der Waals surface area contributed by atoms with Gasteiger partial charge in [0.15, 0.2) is 0 Å². The van der Waals surface area contributed by atoms with Crippen molar-refractivity contribution in [3.8, 4) is 0 Å². The summed E-state index contributed by atoms with van der Waals surface area (Å²) in [6, 6.07) is 3.42. The SMILES string of the molecule is CCN(c1ncc(CNC2CC2)cc1Cl)C1CCCCC1. The van der Waals surface area contributed by atoms with E-state index >= 15 is 0 Å². The molecule has 2 aliphatic carbocycles. The fourth-order valence-electron chi connectivity index (χ4n) is 3.30. The zero-order valence-corrected chi connectivity index (χ0v) is 13.7. The molecule has 0 saturated heterocycles. The zero-order chi connectivity index (χ0) is 14.7. The topological polar surface area (TPSA) is 28.2 Å². The second kappa shape index (κ2) is 6.97. The molecule has 0 amide bonds. The highest BCUT2D eigenvalue weighted by atomic mass is 35.5. The van der Waals surface area contributed by atoms with E-state index in [0.29, 0.717) is 6.04 Å². The van der Waals surface area contributed by atoms with Gasteiger partial charge in [0.05, 0.1) is 5.02 Å². The van der Waals surface area contributed by atoms with E-state index in [2.05, 4.69) is 28.2 Å². The van der Waals surface area contributed by atoms with Crippen LogP contribution in [0.4, 0.5) is 5.82 Å². The Bertz CT molecular complexity index is 467. The molecule has 116 valence electrons. The van der Waals surface area contributed by atoms with Gasteiger partial charge >= 0.3 is 0 Å². The van der Waals surface area contributed by atoms with E-state index in [1.807, 2.05) is 6.20 Å². The highest BCUT2D eigenvalue weighted by molar-refractivity contribution is 6.33. The number of hydrogen-bond acceptors (Lipinski definition) is 3. The Morgan fingerprint density at radius 1 is 1.24 bits per heavy atom. The Morgan fingerprint density at radius 2 is 2.00 bits per heavy atom. The molecule has 2 fully saturated rings. The average molecular weight is 308 g/mol. The van der Waals surface area contributed by atoms with Crippen LogP contribution in [0, 0.1) is 0 Å².